The number of carbonyl (C=O) groups excluding carboxylic acids is 2. The Kier molecular flexibility index (Phi) is 6.12. The molecule has 0 fully saturated rings. The first-order valence-electron chi connectivity index (χ1n) is 7.25. The van der Waals surface area contributed by atoms with Gasteiger partial charge >= 0.3 is 11.9 Å². The molecule has 0 bridgehead atoms. The third kappa shape index (κ3) is 5.79. The van der Waals surface area contributed by atoms with Crippen molar-refractivity contribution in [3.8, 4) is 0 Å². The summed E-state index contributed by atoms with van der Waals surface area (Å²) in [7, 11) is 0. The fraction of sp³-hybridized carbons (Fsp3) is 0.158. The second kappa shape index (κ2) is 8.54. The minimum atomic E-state index is -0.567. The smallest absolute Gasteiger partial charge is 0.334 e. The molecular formula is C19H18O4. The van der Waals surface area contributed by atoms with Crippen molar-refractivity contribution in [3.63, 3.8) is 0 Å². The normalized spacial score (nSPS) is 10.9. The van der Waals surface area contributed by atoms with Gasteiger partial charge < -0.3 is 9.47 Å². The highest BCUT2D eigenvalue weighted by molar-refractivity contribution is 5.95. The van der Waals surface area contributed by atoms with E-state index in [1.54, 1.807) is 0 Å². The van der Waals surface area contributed by atoms with Gasteiger partial charge in [-0.05, 0) is 18.1 Å². The van der Waals surface area contributed by atoms with E-state index in [2.05, 4.69) is 0 Å². The molecule has 0 radical (unpaired) electrons. The largest absolute Gasteiger partial charge is 0.458 e. The van der Waals surface area contributed by atoms with E-state index in [0.29, 0.717) is 0 Å². The maximum Gasteiger partial charge on any atom is 0.334 e. The fourth-order valence-corrected chi connectivity index (χ4v) is 1.84. The molecule has 0 atom stereocenters. The van der Waals surface area contributed by atoms with Crippen LogP contribution in [0.2, 0.25) is 0 Å². The van der Waals surface area contributed by atoms with Crippen molar-refractivity contribution in [1.82, 2.24) is 0 Å². The molecule has 0 aliphatic rings. The van der Waals surface area contributed by atoms with E-state index in [4.69, 9.17) is 9.47 Å². The van der Waals surface area contributed by atoms with Gasteiger partial charge in [0.25, 0.3) is 0 Å². The van der Waals surface area contributed by atoms with Gasteiger partial charge in [-0.25, -0.2) is 9.59 Å². The van der Waals surface area contributed by atoms with Crippen LogP contribution in [0.1, 0.15) is 18.1 Å². The summed E-state index contributed by atoms with van der Waals surface area (Å²) in [5.74, 6) is -1.10. The molecule has 0 saturated heterocycles. The third-order valence-electron chi connectivity index (χ3n) is 3.09. The lowest BCUT2D eigenvalue weighted by Gasteiger charge is -2.05. The molecule has 0 aliphatic carbocycles. The molecule has 2 aromatic rings. The second-order valence-electron chi connectivity index (χ2n) is 4.98. The number of ether oxygens (including phenoxy) is 2. The van der Waals surface area contributed by atoms with Gasteiger partial charge in [0.2, 0.25) is 0 Å². The van der Waals surface area contributed by atoms with Gasteiger partial charge in [-0.3, -0.25) is 0 Å². The van der Waals surface area contributed by atoms with Crippen LogP contribution in [-0.4, -0.2) is 11.9 Å². The van der Waals surface area contributed by atoms with E-state index in [1.807, 2.05) is 60.7 Å². The zero-order chi connectivity index (χ0) is 16.5. The summed E-state index contributed by atoms with van der Waals surface area (Å²) in [4.78, 5) is 23.5. The molecule has 0 N–H and O–H groups in total. The lowest BCUT2D eigenvalue weighted by molar-refractivity contribution is -0.142. The first-order valence-corrected chi connectivity index (χ1v) is 7.25. The molecule has 0 unspecified atom stereocenters. The molecule has 0 amide bonds. The van der Waals surface area contributed by atoms with Crippen LogP contribution in [0.3, 0.4) is 0 Å². The molecule has 4 heteroatoms. The van der Waals surface area contributed by atoms with Crippen LogP contribution >= 0.6 is 0 Å². The molecule has 0 saturated carbocycles. The van der Waals surface area contributed by atoms with E-state index in [-0.39, 0.29) is 18.8 Å². The number of esters is 2. The number of hydrogen-bond donors (Lipinski definition) is 0. The highest BCUT2D eigenvalue weighted by Crippen LogP contribution is 2.06. The predicted molar refractivity (Wildman–Crippen MR) is 86.2 cm³/mol. The standard InChI is InChI=1S/C19H18O4/c1-15(19(21)23-14-17-10-6-3-7-11-17)12-18(20)22-13-16-8-4-2-5-9-16/h2-12H,13-14H2,1H3. The van der Waals surface area contributed by atoms with Crippen LogP contribution in [0.15, 0.2) is 72.3 Å². The topological polar surface area (TPSA) is 52.6 Å². The maximum absolute atomic E-state index is 11.8. The van der Waals surface area contributed by atoms with Crippen molar-refractivity contribution in [2.24, 2.45) is 0 Å². The highest BCUT2D eigenvalue weighted by Gasteiger charge is 2.09. The van der Waals surface area contributed by atoms with Gasteiger partial charge in [0.1, 0.15) is 13.2 Å². The molecule has 4 nitrogen and oxygen atoms in total. The first-order chi connectivity index (χ1) is 11.1. The molecule has 2 rings (SSSR count). The second-order valence-corrected chi connectivity index (χ2v) is 4.98. The Labute approximate surface area is 135 Å². The van der Waals surface area contributed by atoms with Crippen molar-refractivity contribution in [1.29, 1.82) is 0 Å². The quantitative estimate of drug-likeness (QED) is 0.606. The van der Waals surface area contributed by atoms with Gasteiger partial charge in [0, 0.05) is 11.6 Å². The molecule has 118 valence electrons. The Morgan fingerprint density at radius 3 is 1.83 bits per heavy atom. The fourth-order valence-electron chi connectivity index (χ4n) is 1.84. The van der Waals surface area contributed by atoms with Gasteiger partial charge in [0.05, 0.1) is 0 Å². The van der Waals surface area contributed by atoms with E-state index in [0.717, 1.165) is 17.2 Å². The Hall–Kier alpha value is -2.88. The Morgan fingerprint density at radius 1 is 0.826 bits per heavy atom. The minimum Gasteiger partial charge on any atom is -0.458 e. The van der Waals surface area contributed by atoms with Gasteiger partial charge in [-0.1, -0.05) is 60.7 Å². The van der Waals surface area contributed by atoms with Crippen LogP contribution in [0.5, 0.6) is 0 Å². The molecular weight excluding hydrogens is 292 g/mol. The number of hydrogen-bond acceptors (Lipinski definition) is 4. The number of carbonyl (C=O) groups is 2. The predicted octanol–water partition coefficient (Wildman–Crippen LogP) is 3.42. The van der Waals surface area contributed by atoms with E-state index in [1.165, 1.54) is 6.92 Å². The highest BCUT2D eigenvalue weighted by atomic mass is 16.5. The molecule has 0 heterocycles. The molecule has 2 aromatic carbocycles. The third-order valence-corrected chi connectivity index (χ3v) is 3.09. The summed E-state index contributed by atoms with van der Waals surface area (Å²) in [6, 6.07) is 18.7. The Bertz CT molecular complexity index is 675. The van der Waals surface area contributed by atoms with Gasteiger partial charge in [-0.15, -0.1) is 0 Å². The maximum atomic E-state index is 11.8. The van der Waals surface area contributed by atoms with Crippen molar-refractivity contribution in [2.45, 2.75) is 20.1 Å². The van der Waals surface area contributed by atoms with Crippen molar-refractivity contribution >= 4 is 11.9 Å². The van der Waals surface area contributed by atoms with Gasteiger partial charge in [-0.2, -0.15) is 0 Å². The summed E-state index contributed by atoms with van der Waals surface area (Å²) in [6.07, 6.45) is 1.15. The first kappa shape index (κ1) is 16.5. The van der Waals surface area contributed by atoms with Crippen LogP contribution < -0.4 is 0 Å². The lowest BCUT2D eigenvalue weighted by atomic mass is 10.2. The summed E-state index contributed by atoms with van der Waals surface area (Å²) >= 11 is 0. The Balaban J connectivity index is 1.80. The summed E-state index contributed by atoms with van der Waals surface area (Å²) in [5.41, 5.74) is 1.98. The van der Waals surface area contributed by atoms with Crippen LogP contribution in [0.25, 0.3) is 0 Å². The lowest BCUT2D eigenvalue weighted by Crippen LogP contribution is -2.09. The Morgan fingerprint density at radius 2 is 1.30 bits per heavy atom. The van der Waals surface area contributed by atoms with E-state index >= 15 is 0 Å². The van der Waals surface area contributed by atoms with Crippen LogP contribution in [-0.2, 0) is 32.3 Å². The van der Waals surface area contributed by atoms with Crippen molar-refractivity contribution < 1.29 is 19.1 Å². The molecule has 0 aliphatic heterocycles. The average Bonchev–Trinajstić information content (AvgIpc) is 2.59. The zero-order valence-corrected chi connectivity index (χ0v) is 12.9. The van der Waals surface area contributed by atoms with E-state index in [9.17, 15) is 9.59 Å². The van der Waals surface area contributed by atoms with Crippen LogP contribution in [0, 0.1) is 0 Å². The summed E-state index contributed by atoms with van der Waals surface area (Å²) in [5, 5.41) is 0. The molecule has 0 spiro atoms. The van der Waals surface area contributed by atoms with Crippen molar-refractivity contribution in [3.05, 3.63) is 83.4 Å². The zero-order valence-electron chi connectivity index (χ0n) is 12.9. The minimum absolute atomic E-state index is 0.169. The van der Waals surface area contributed by atoms with Crippen LogP contribution in [0.4, 0.5) is 0 Å². The number of rotatable bonds is 6. The molecule has 0 aromatic heterocycles. The monoisotopic (exact) mass is 310 g/mol. The summed E-state index contributed by atoms with van der Waals surface area (Å²) in [6.45, 7) is 1.86. The van der Waals surface area contributed by atoms with Gasteiger partial charge in [0.15, 0.2) is 0 Å². The van der Waals surface area contributed by atoms with E-state index < -0.39 is 11.9 Å². The SMILES string of the molecule is CC(=CC(=O)OCc1ccccc1)C(=O)OCc1ccccc1. The molecule has 23 heavy (non-hydrogen) atoms. The average molecular weight is 310 g/mol. The van der Waals surface area contributed by atoms with Crippen molar-refractivity contribution in [2.75, 3.05) is 0 Å². The summed E-state index contributed by atoms with van der Waals surface area (Å²) < 4.78 is 10.2. The number of benzene rings is 2.